The molecule has 4 rings (SSSR count). The van der Waals surface area contributed by atoms with Crippen molar-refractivity contribution in [2.24, 2.45) is 5.41 Å². The molecule has 1 aromatic heterocycles. The van der Waals surface area contributed by atoms with Gasteiger partial charge in [0.15, 0.2) is 0 Å². The molecule has 0 spiro atoms. The Morgan fingerprint density at radius 2 is 1.97 bits per heavy atom. The Kier molecular flexibility index (Phi) is 5.20. The van der Waals surface area contributed by atoms with Crippen LogP contribution in [0.4, 0.5) is 0 Å². The number of likely N-dealkylation sites (tertiary alicyclic amines) is 1. The third-order valence-corrected chi connectivity index (χ3v) is 6.34. The van der Waals surface area contributed by atoms with Gasteiger partial charge in [0.25, 0.3) is 5.91 Å². The van der Waals surface area contributed by atoms with E-state index in [1.54, 1.807) is 0 Å². The summed E-state index contributed by atoms with van der Waals surface area (Å²) in [4.78, 5) is 20.0. The highest BCUT2D eigenvalue weighted by molar-refractivity contribution is 5.93. The molecule has 2 bridgehead atoms. The van der Waals surface area contributed by atoms with Crippen molar-refractivity contribution in [3.05, 3.63) is 70.6 Å². The van der Waals surface area contributed by atoms with Crippen LogP contribution in [0, 0.1) is 19.3 Å². The van der Waals surface area contributed by atoms with E-state index in [0.29, 0.717) is 18.3 Å². The van der Waals surface area contributed by atoms with Gasteiger partial charge in [-0.15, -0.1) is 0 Å². The highest BCUT2D eigenvalue weighted by atomic mass is 16.5. The number of para-hydroxylation sites is 1. The lowest BCUT2D eigenvalue weighted by atomic mass is 9.75. The van der Waals surface area contributed by atoms with E-state index in [1.165, 1.54) is 5.57 Å². The second-order valence-corrected chi connectivity index (χ2v) is 8.95. The van der Waals surface area contributed by atoms with E-state index in [4.69, 9.17) is 4.74 Å². The van der Waals surface area contributed by atoms with Crippen LogP contribution in [0.3, 0.4) is 0 Å². The van der Waals surface area contributed by atoms with Crippen LogP contribution in [-0.4, -0.2) is 28.4 Å². The van der Waals surface area contributed by atoms with Gasteiger partial charge in [0, 0.05) is 12.6 Å². The Morgan fingerprint density at radius 1 is 1.24 bits per heavy atom. The molecule has 1 saturated carbocycles. The van der Waals surface area contributed by atoms with E-state index in [-0.39, 0.29) is 11.3 Å². The lowest BCUT2D eigenvalue weighted by molar-refractivity contribution is 0.0726. The van der Waals surface area contributed by atoms with Gasteiger partial charge in [0.05, 0.1) is 5.69 Å². The van der Waals surface area contributed by atoms with Gasteiger partial charge in [-0.05, 0) is 68.7 Å². The Balaban J connectivity index is 1.50. The summed E-state index contributed by atoms with van der Waals surface area (Å²) in [7, 11) is 0. The number of aryl methyl sites for hydroxylation is 2. The zero-order valence-electron chi connectivity index (χ0n) is 17.9. The van der Waals surface area contributed by atoms with Gasteiger partial charge in [-0.1, -0.05) is 42.8 Å². The molecule has 0 N–H and O–H groups in total. The number of carbonyl (C=O) groups is 1. The van der Waals surface area contributed by atoms with E-state index in [9.17, 15) is 4.79 Å². The summed E-state index contributed by atoms with van der Waals surface area (Å²) in [6.07, 6.45) is 5.40. The van der Waals surface area contributed by atoms with E-state index < -0.39 is 0 Å². The average molecular weight is 391 g/mol. The van der Waals surface area contributed by atoms with Gasteiger partial charge in [-0.25, -0.2) is 4.98 Å². The molecule has 1 aliphatic heterocycles. The second kappa shape index (κ2) is 7.66. The Morgan fingerprint density at radius 3 is 2.69 bits per heavy atom. The molecule has 1 aromatic carbocycles. The maximum atomic E-state index is 13.3. The minimum atomic E-state index is 0.0463. The predicted octanol–water partition coefficient (Wildman–Crippen LogP) is 5.24. The third kappa shape index (κ3) is 3.93. The molecule has 152 valence electrons. The van der Waals surface area contributed by atoms with Crippen molar-refractivity contribution in [3.63, 3.8) is 0 Å². The van der Waals surface area contributed by atoms with Crippen molar-refractivity contribution in [2.75, 3.05) is 6.54 Å². The Labute approximate surface area is 173 Å². The number of ether oxygens (including phenoxy) is 1. The molecule has 4 heteroatoms. The van der Waals surface area contributed by atoms with E-state index in [1.807, 2.05) is 50.2 Å². The maximum Gasteiger partial charge on any atom is 0.272 e. The largest absolute Gasteiger partial charge is 0.487 e. The van der Waals surface area contributed by atoms with Gasteiger partial charge in [0.1, 0.15) is 18.1 Å². The molecule has 0 unspecified atom stereocenters. The molecular weight excluding hydrogens is 360 g/mol. The molecule has 2 heterocycles. The van der Waals surface area contributed by atoms with Crippen LogP contribution < -0.4 is 4.74 Å². The number of pyridine rings is 1. The third-order valence-electron chi connectivity index (χ3n) is 6.34. The molecule has 29 heavy (non-hydrogen) atoms. The number of nitrogens with zero attached hydrogens (tertiary/aromatic N) is 2. The number of amides is 1. The fourth-order valence-electron chi connectivity index (χ4n) is 4.97. The van der Waals surface area contributed by atoms with Crippen LogP contribution in [0.15, 0.2) is 48.0 Å². The number of rotatable bonds is 4. The smallest absolute Gasteiger partial charge is 0.272 e. The van der Waals surface area contributed by atoms with Crippen molar-refractivity contribution in [1.82, 2.24) is 9.88 Å². The van der Waals surface area contributed by atoms with Gasteiger partial charge < -0.3 is 9.64 Å². The summed E-state index contributed by atoms with van der Waals surface area (Å²) >= 11 is 0. The summed E-state index contributed by atoms with van der Waals surface area (Å²) in [5, 5.41) is 0. The minimum absolute atomic E-state index is 0.0463. The average Bonchev–Trinajstić information content (AvgIpc) is 2.95. The summed E-state index contributed by atoms with van der Waals surface area (Å²) in [5.74, 6) is 0.941. The number of aromatic nitrogens is 1. The molecule has 0 radical (unpaired) electrons. The first-order chi connectivity index (χ1) is 13.9. The van der Waals surface area contributed by atoms with E-state index >= 15 is 0 Å². The number of benzene rings is 1. The van der Waals surface area contributed by atoms with Gasteiger partial charge in [-0.3, -0.25) is 4.79 Å². The zero-order valence-corrected chi connectivity index (χ0v) is 17.9. The quantitative estimate of drug-likeness (QED) is 0.671. The minimum Gasteiger partial charge on any atom is -0.487 e. The lowest BCUT2D eigenvalue weighted by Crippen LogP contribution is -2.36. The fourth-order valence-corrected chi connectivity index (χ4v) is 4.97. The summed E-state index contributed by atoms with van der Waals surface area (Å²) in [6, 6.07) is 12.1. The Hall–Kier alpha value is -2.62. The first-order valence-electron chi connectivity index (χ1n) is 10.5. The molecule has 1 saturated heterocycles. The lowest BCUT2D eigenvalue weighted by Gasteiger charge is -2.29. The van der Waals surface area contributed by atoms with Crippen LogP contribution in [-0.2, 0) is 6.61 Å². The number of hydrogen-bond acceptors (Lipinski definition) is 3. The van der Waals surface area contributed by atoms with Crippen LogP contribution in [0.25, 0.3) is 0 Å². The first-order valence-corrected chi connectivity index (χ1v) is 10.5. The molecule has 4 nitrogen and oxygen atoms in total. The fraction of sp³-hybridized carbons (Fsp3) is 0.440. The van der Waals surface area contributed by atoms with Crippen molar-refractivity contribution in [3.8, 4) is 5.75 Å². The van der Waals surface area contributed by atoms with Gasteiger partial charge in [-0.2, -0.15) is 0 Å². The van der Waals surface area contributed by atoms with Crippen molar-refractivity contribution in [2.45, 2.75) is 59.6 Å². The molecule has 1 amide bonds. The summed E-state index contributed by atoms with van der Waals surface area (Å²) < 4.78 is 6.03. The molecular formula is C25H30N2O2. The summed E-state index contributed by atoms with van der Waals surface area (Å²) in [5.41, 5.74) is 5.18. The van der Waals surface area contributed by atoms with Gasteiger partial charge in [0.2, 0.25) is 0 Å². The highest BCUT2D eigenvalue weighted by Gasteiger charge is 2.47. The SMILES string of the molecule is C/C=C1/C[C@@H]2C[C@](C)(C1)CN2C(=O)c1cccc(COc2c(C)cccc2C)n1. The number of hydrogen-bond donors (Lipinski definition) is 0. The summed E-state index contributed by atoms with van der Waals surface area (Å²) in [6.45, 7) is 9.67. The van der Waals surface area contributed by atoms with E-state index in [2.05, 4.69) is 29.8 Å². The monoisotopic (exact) mass is 390 g/mol. The molecule has 2 aromatic rings. The highest BCUT2D eigenvalue weighted by Crippen LogP contribution is 2.47. The second-order valence-electron chi connectivity index (χ2n) is 8.95. The molecule has 2 fully saturated rings. The molecule has 2 aliphatic rings. The van der Waals surface area contributed by atoms with Crippen molar-refractivity contribution < 1.29 is 9.53 Å². The Bertz CT molecular complexity index is 945. The van der Waals surface area contributed by atoms with Gasteiger partial charge >= 0.3 is 0 Å². The standard InChI is InChI=1S/C25H30N2O2/c1-5-19-12-21-14-25(4,13-19)16-27(21)24(28)22-11-7-10-20(26-22)15-29-23-17(2)8-6-9-18(23)3/h5-11,21H,12-16H2,1-4H3/b19-5-/t21-,25+/m1/s1. The predicted molar refractivity (Wildman–Crippen MR) is 115 cm³/mol. The van der Waals surface area contributed by atoms with Crippen LogP contribution in [0.1, 0.15) is 60.4 Å². The van der Waals surface area contributed by atoms with Crippen LogP contribution >= 0.6 is 0 Å². The number of allylic oxidation sites excluding steroid dienone is 1. The van der Waals surface area contributed by atoms with Crippen molar-refractivity contribution >= 4 is 5.91 Å². The topological polar surface area (TPSA) is 42.4 Å². The molecule has 2 atom stereocenters. The van der Waals surface area contributed by atoms with Crippen molar-refractivity contribution in [1.29, 1.82) is 0 Å². The molecule has 1 aliphatic carbocycles. The van der Waals surface area contributed by atoms with E-state index in [0.717, 1.165) is 48.4 Å². The zero-order chi connectivity index (χ0) is 20.6. The first kappa shape index (κ1) is 19.7. The number of fused-ring (bicyclic) bond motifs is 2. The normalized spacial score (nSPS) is 24.8. The number of carbonyl (C=O) groups excluding carboxylic acids is 1. The van der Waals surface area contributed by atoms with Crippen LogP contribution in [0.5, 0.6) is 5.75 Å². The maximum absolute atomic E-state index is 13.3. The van der Waals surface area contributed by atoms with Crippen LogP contribution in [0.2, 0.25) is 0 Å².